The van der Waals surface area contributed by atoms with Crippen LogP contribution in [0.3, 0.4) is 0 Å². The van der Waals surface area contributed by atoms with Gasteiger partial charge in [0.05, 0.1) is 13.7 Å². The average Bonchev–Trinajstić information content (AvgIpc) is 2.89. The number of rotatable bonds is 5. The van der Waals surface area contributed by atoms with Crippen LogP contribution >= 0.6 is 0 Å². The van der Waals surface area contributed by atoms with Gasteiger partial charge < -0.3 is 9.64 Å². The summed E-state index contributed by atoms with van der Waals surface area (Å²) in [6, 6.07) is 13.9. The Morgan fingerprint density at radius 2 is 1.74 bits per heavy atom. The van der Waals surface area contributed by atoms with Gasteiger partial charge in [-0.1, -0.05) is 49.1 Å². The SMILES string of the molecule is COc1ccc(C)cc1-c1ccc2c(c1)CCN(CC(=O)N1CCN(C3CCCCC3)CC1)C2. The molecule has 0 radical (unpaired) electrons. The minimum absolute atomic E-state index is 0.299. The van der Waals surface area contributed by atoms with E-state index >= 15 is 0 Å². The highest BCUT2D eigenvalue weighted by Gasteiger charge is 2.28. The lowest BCUT2D eigenvalue weighted by Crippen LogP contribution is -2.54. The minimum atomic E-state index is 0.299. The molecule has 5 rings (SSSR count). The monoisotopic (exact) mass is 461 g/mol. The van der Waals surface area contributed by atoms with Crippen LogP contribution in [0.15, 0.2) is 36.4 Å². The predicted molar refractivity (Wildman–Crippen MR) is 137 cm³/mol. The fraction of sp³-hybridized carbons (Fsp3) is 0.552. The van der Waals surface area contributed by atoms with E-state index in [0.29, 0.717) is 12.5 Å². The third kappa shape index (κ3) is 5.16. The van der Waals surface area contributed by atoms with E-state index in [-0.39, 0.29) is 0 Å². The lowest BCUT2D eigenvalue weighted by Gasteiger charge is -2.41. The topological polar surface area (TPSA) is 36.0 Å². The molecule has 0 bridgehead atoms. The third-order valence-electron chi connectivity index (χ3n) is 8.08. The minimum Gasteiger partial charge on any atom is -0.496 e. The molecule has 2 aliphatic heterocycles. The number of ether oxygens (including phenoxy) is 1. The molecule has 2 aromatic rings. The van der Waals surface area contributed by atoms with E-state index in [4.69, 9.17) is 4.74 Å². The summed E-state index contributed by atoms with van der Waals surface area (Å²) in [5.41, 5.74) is 6.33. The van der Waals surface area contributed by atoms with Gasteiger partial charge in [-0.2, -0.15) is 0 Å². The highest BCUT2D eigenvalue weighted by Crippen LogP contribution is 2.33. The Hall–Kier alpha value is -2.37. The van der Waals surface area contributed by atoms with Crippen LogP contribution in [0.5, 0.6) is 5.75 Å². The Kier molecular flexibility index (Phi) is 7.21. The van der Waals surface area contributed by atoms with Crippen LogP contribution in [0.2, 0.25) is 0 Å². The molecular weight excluding hydrogens is 422 g/mol. The van der Waals surface area contributed by atoms with E-state index in [1.165, 1.54) is 54.4 Å². The number of hydrogen-bond donors (Lipinski definition) is 0. The van der Waals surface area contributed by atoms with Gasteiger partial charge >= 0.3 is 0 Å². The number of amides is 1. The van der Waals surface area contributed by atoms with Gasteiger partial charge in [-0.05, 0) is 55.0 Å². The van der Waals surface area contributed by atoms with E-state index in [2.05, 4.69) is 52.0 Å². The number of aryl methyl sites for hydroxylation is 1. The summed E-state index contributed by atoms with van der Waals surface area (Å²) in [6.07, 6.45) is 7.83. The van der Waals surface area contributed by atoms with Crippen molar-refractivity contribution in [3.63, 3.8) is 0 Å². The number of methoxy groups -OCH3 is 1. The second-order valence-electron chi connectivity index (χ2n) is 10.4. The van der Waals surface area contributed by atoms with E-state index in [9.17, 15) is 4.79 Å². The number of piperazine rings is 1. The molecule has 5 nitrogen and oxygen atoms in total. The van der Waals surface area contributed by atoms with E-state index in [0.717, 1.165) is 63.0 Å². The van der Waals surface area contributed by atoms with Crippen molar-refractivity contribution in [2.24, 2.45) is 0 Å². The first-order valence-corrected chi connectivity index (χ1v) is 13.1. The average molecular weight is 462 g/mol. The summed E-state index contributed by atoms with van der Waals surface area (Å²) in [7, 11) is 1.73. The Balaban J connectivity index is 1.17. The standard InChI is InChI=1S/C29H39N3O2/c1-22-8-11-28(34-2)27(18-22)24-9-10-25-20-30(13-12-23(25)19-24)21-29(33)32-16-14-31(15-17-32)26-6-4-3-5-7-26/h8-11,18-19,26H,3-7,12-17,20-21H2,1-2H3. The van der Waals surface area contributed by atoms with Gasteiger partial charge in [0.1, 0.15) is 5.75 Å². The number of carbonyl (C=O) groups is 1. The lowest BCUT2D eigenvalue weighted by molar-refractivity contribution is -0.134. The van der Waals surface area contributed by atoms with Gasteiger partial charge in [0.25, 0.3) is 0 Å². The maximum atomic E-state index is 13.1. The zero-order chi connectivity index (χ0) is 23.5. The maximum Gasteiger partial charge on any atom is 0.236 e. The number of fused-ring (bicyclic) bond motifs is 1. The summed E-state index contributed by atoms with van der Waals surface area (Å²) < 4.78 is 5.60. The first-order valence-electron chi connectivity index (χ1n) is 13.1. The van der Waals surface area contributed by atoms with Crippen molar-refractivity contribution in [1.82, 2.24) is 14.7 Å². The van der Waals surface area contributed by atoms with Crippen LogP contribution in [-0.4, -0.2) is 73.0 Å². The first kappa shape index (κ1) is 23.4. The van der Waals surface area contributed by atoms with Crippen molar-refractivity contribution in [2.75, 3.05) is 46.4 Å². The Morgan fingerprint density at radius 3 is 2.50 bits per heavy atom. The Labute approximate surface area is 204 Å². The van der Waals surface area contributed by atoms with Crippen molar-refractivity contribution in [2.45, 2.75) is 58.0 Å². The Morgan fingerprint density at radius 1 is 0.941 bits per heavy atom. The molecule has 0 unspecified atom stereocenters. The molecule has 0 spiro atoms. The highest BCUT2D eigenvalue weighted by molar-refractivity contribution is 5.78. The third-order valence-corrected chi connectivity index (χ3v) is 8.08. The van der Waals surface area contributed by atoms with Crippen molar-refractivity contribution in [3.05, 3.63) is 53.1 Å². The van der Waals surface area contributed by atoms with Crippen molar-refractivity contribution < 1.29 is 9.53 Å². The molecule has 1 saturated carbocycles. The van der Waals surface area contributed by atoms with Gasteiger partial charge in [0, 0.05) is 50.9 Å². The summed E-state index contributed by atoms with van der Waals surface area (Å²) >= 11 is 0. The van der Waals surface area contributed by atoms with E-state index in [1.54, 1.807) is 7.11 Å². The van der Waals surface area contributed by atoms with Crippen LogP contribution in [-0.2, 0) is 17.8 Å². The smallest absolute Gasteiger partial charge is 0.236 e. The second-order valence-corrected chi connectivity index (χ2v) is 10.4. The molecule has 2 heterocycles. The maximum absolute atomic E-state index is 13.1. The molecule has 2 fully saturated rings. The van der Waals surface area contributed by atoms with E-state index < -0.39 is 0 Å². The van der Waals surface area contributed by atoms with Gasteiger partial charge in [0.15, 0.2) is 0 Å². The van der Waals surface area contributed by atoms with Gasteiger partial charge in [-0.25, -0.2) is 0 Å². The lowest BCUT2D eigenvalue weighted by atomic mass is 9.93. The fourth-order valence-electron chi connectivity index (χ4n) is 6.04. The molecule has 182 valence electrons. The normalized spacial score (nSPS) is 20.2. The van der Waals surface area contributed by atoms with Crippen LogP contribution in [0.1, 0.15) is 48.8 Å². The number of carbonyl (C=O) groups excluding carboxylic acids is 1. The molecule has 5 heteroatoms. The summed E-state index contributed by atoms with van der Waals surface area (Å²) in [4.78, 5) is 20.1. The summed E-state index contributed by atoms with van der Waals surface area (Å²) in [5.74, 6) is 1.21. The van der Waals surface area contributed by atoms with Crippen LogP contribution in [0, 0.1) is 6.92 Å². The number of hydrogen-bond acceptors (Lipinski definition) is 4. The molecule has 0 N–H and O–H groups in total. The molecule has 2 aromatic carbocycles. The van der Waals surface area contributed by atoms with Crippen molar-refractivity contribution >= 4 is 5.91 Å². The van der Waals surface area contributed by atoms with Crippen molar-refractivity contribution in [3.8, 4) is 16.9 Å². The van der Waals surface area contributed by atoms with Crippen LogP contribution in [0.4, 0.5) is 0 Å². The molecule has 34 heavy (non-hydrogen) atoms. The quantitative estimate of drug-likeness (QED) is 0.657. The zero-order valence-corrected chi connectivity index (χ0v) is 20.9. The molecule has 3 aliphatic rings. The zero-order valence-electron chi connectivity index (χ0n) is 20.9. The molecule has 1 aliphatic carbocycles. The first-order chi connectivity index (χ1) is 16.6. The second kappa shape index (κ2) is 10.5. The summed E-state index contributed by atoms with van der Waals surface area (Å²) in [5, 5.41) is 0. The van der Waals surface area contributed by atoms with Gasteiger partial charge in [0.2, 0.25) is 5.91 Å². The summed E-state index contributed by atoms with van der Waals surface area (Å²) in [6.45, 7) is 8.32. The fourth-order valence-corrected chi connectivity index (χ4v) is 6.04. The molecule has 0 aromatic heterocycles. The van der Waals surface area contributed by atoms with Crippen LogP contribution < -0.4 is 4.74 Å². The molecule has 1 saturated heterocycles. The van der Waals surface area contributed by atoms with Gasteiger partial charge in [-0.3, -0.25) is 14.6 Å². The predicted octanol–water partition coefficient (Wildman–Crippen LogP) is 4.51. The molecular formula is C29H39N3O2. The van der Waals surface area contributed by atoms with Gasteiger partial charge in [-0.15, -0.1) is 0 Å². The highest BCUT2D eigenvalue weighted by atomic mass is 16.5. The molecule has 0 atom stereocenters. The van der Waals surface area contributed by atoms with Crippen LogP contribution in [0.25, 0.3) is 11.1 Å². The Bertz CT molecular complexity index is 1010. The molecule has 1 amide bonds. The van der Waals surface area contributed by atoms with Crippen molar-refractivity contribution in [1.29, 1.82) is 0 Å². The van der Waals surface area contributed by atoms with E-state index in [1.807, 2.05) is 6.07 Å². The largest absolute Gasteiger partial charge is 0.496 e. The number of nitrogens with zero attached hydrogens (tertiary/aromatic N) is 3. The number of benzene rings is 2.